The Morgan fingerprint density at radius 3 is 2.69 bits per heavy atom. The van der Waals surface area contributed by atoms with Crippen molar-refractivity contribution in [2.75, 3.05) is 26.3 Å². The molecule has 134 valence electrons. The molecule has 1 saturated heterocycles. The van der Waals surface area contributed by atoms with Crippen molar-refractivity contribution in [2.45, 2.75) is 19.3 Å². The number of benzene rings is 1. The van der Waals surface area contributed by atoms with E-state index in [1.807, 2.05) is 41.6 Å². The van der Waals surface area contributed by atoms with Gasteiger partial charge in [-0.15, -0.1) is 0 Å². The van der Waals surface area contributed by atoms with Crippen LogP contribution in [0.15, 0.2) is 54.9 Å². The van der Waals surface area contributed by atoms with Crippen LogP contribution in [0.25, 0.3) is 5.65 Å². The van der Waals surface area contributed by atoms with Crippen molar-refractivity contribution in [1.82, 2.24) is 14.3 Å². The lowest BCUT2D eigenvalue weighted by Gasteiger charge is -2.28. The predicted molar refractivity (Wildman–Crippen MR) is 100 cm³/mol. The maximum atomic E-state index is 12.9. The van der Waals surface area contributed by atoms with E-state index in [-0.39, 0.29) is 11.8 Å². The van der Waals surface area contributed by atoms with Gasteiger partial charge in [0, 0.05) is 37.8 Å². The zero-order chi connectivity index (χ0) is 17.9. The summed E-state index contributed by atoms with van der Waals surface area (Å²) in [7, 11) is 0. The summed E-state index contributed by atoms with van der Waals surface area (Å²) < 4.78 is 7.49. The summed E-state index contributed by atoms with van der Waals surface area (Å²) in [5, 5.41) is 0. The number of imidazole rings is 1. The fourth-order valence-corrected chi connectivity index (χ4v) is 3.62. The highest BCUT2D eigenvalue weighted by Gasteiger charge is 2.25. The second-order valence-corrected chi connectivity index (χ2v) is 6.73. The number of carbonyl (C=O) groups is 1. The Bertz CT molecular complexity index is 898. The third-order valence-corrected chi connectivity index (χ3v) is 5.06. The molecule has 3 aromatic rings. The molecule has 1 atom stereocenters. The molecule has 0 bridgehead atoms. The van der Waals surface area contributed by atoms with E-state index in [1.165, 1.54) is 0 Å². The van der Waals surface area contributed by atoms with Gasteiger partial charge in [-0.05, 0) is 24.1 Å². The number of amides is 1. The topological polar surface area (TPSA) is 46.8 Å². The number of aryl methyl sites for hydroxylation is 1. The molecule has 1 fully saturated rings. The third-order valence-electron chi connectivity index (χ3n) is 5.06. The summed E-state index contributed by atoms with van der Waals surface area (Å²) in [6.07, 6.45) is 4.37. The molecular weight excluding hydrogens is 326 g/mol. The molecule has 0 N–H and O–H groups in total. The lowest BCUT2D eigenvalue weighted by atomic mass is 9.92. The van der Waals surface area contributed by atoms with Crippen molar-refractivity contribution >= 4 is 11.6 Å². The lowest BCUT2D eigenvalue weighted by Crippen LogP contribution is -2.41. The third kappa shape index (κ3) is 3.22. The van der Waals surface area contributed by atoms with E-state index >= 15 is 0 Å². The Kier molecular flexibility index (Phi) is 4.71. The van der Waals surface area contributed by atoms with Crippen LogP contribution in [0.4, 0.5) is 0 Å². The van der Waals surface area contributed by atoms with Crippen LogP contribution in [0.3, 0.4) is 0 Å². The molecule has 1 aromatic carbocycles. The fourth-order valence-electron chi connectivity index (χ4n) is 3.62. The van der Waals surface area contributed by atoms with Crippen LogP contribution in [0.5, 0.6) is 0 Å². The largest absolute Gasteiger partial charge is 0.378 e. The van der Waals surface area contributed by atoms with Crippen LogP contribution in [0.1, 0.15) is 29.2 Å². The maximum Gasteiger partial charge on any atom is 0.223 e. The smallest absolute Gasteiger partial charge is 0.223 e. The molecule has 1 amide bonds. The maximum absolute atomic E-state index is 12.9. The summed E-state index contributed by atoms with van der Waals surface area (Å²) >= 11 is 0. The molecule has 1 aliphatic heterocycles. The zero-order valence-electron chi connectivity index (χ0n) is 15.0. The number of hydrogen-bond donors (Lipinski definition) is 0. The minimum Gasteiger partial charge on any atom is -0.378 e. The first kappa shape index (κ1) is 16.8. The summed E-state index contributed by atoms with van der Waals surface area (Å²) in [6.45, 7) is 4.65. The van der Waals surface area contributed by atoms with Gasteiger partial charge in [-0.2, -0.15) is 0 Å². The molecule has 0 aliphatic carbocycles. The van der Waals surface area contributed by atoms with Gasteiger partial charge >= 0.3 is 0 Å². The van der Waals surface area contributed by atoms with Gasteiger partial charge in [-0.1, -0.05) is 36.4 Å². The van der Waals surface area contributed by atoms with E-state index in [1.54, 1.807) is 0 Å². The highest BCUT2D eigenvalue weighted by molar-refractivity contribution is 5.78. The quantitative estimate of drug-likeness (QED) is 0.727. The van der Waals surface area contributed by atoms with Crippen LogP contribution in [-0.2, 0) is 9.53 Å². The van der Waals surface area contributed by atoms with Crippen molar-refractivity contribution in [3.8, 4) is 0 Å². The Morgan fingerprint density at radius 2 is 1.92 bits per heavy atom. The Morgan fingerprint density at radius 1 is 1.15 bits per heavy atom. The van der Waals surface area contributed by atoms with Crippen molar-refractivity contribution < 1.29 is 9.53 Å². The lowest BCUT2D eigenvalue weighted by molar-refractivity contribution is -0.135. The minimum absolute atomic E-state index is 0.0247. The number of rotatable bonds is 4. The van der Waals surface area contributed by atoms with Crippen molar-refractivity contribution in [3.63, 3.8) is 0 Å². The van der Waals surface area contributed by atoms with Crippen LogP contribution < -0.4 is 0 Å². The first-order valence-corrected chi connectivity index (χ1v) is 9.07. The van der Waals surface area contributed by atoms with Crippen molar-refractivity contribution in [1.29, 1.82) is 0 Å². The van der Waals surface area contributed by atoms with Gasteiger partial charge in [0.2, 0.25) is 5.91 Å². The minimum atomic E-state index is -0.0247. The van der Waals surface area contributed by atoms with E-state index in [4.69, 9.17) is 4.74 Å². The van der Waals surface area contributed by atoms with Crippen LogP contribution >= 0.6 is 0 Å². The second-order valence-electron chi connectivity index (χ2n) is 6.73. The Labute approximate surface area is 153 Å². The average molecular weight is 349 g/mol. The SMILES string of the molecule is Cc1cccn2c(C(CC(=O)N3CCOCC3)c3ccccc3)cnc12. The van der Waals surface area contributed by atoms with Gasteiger partial charge in [0.05, 0.1) is 18.9 Å². The molecule has 2 aromatic heterocycles. The first-order chi connectivity index (χ1) is 12.7. The molecular formula is C21H23N3O2. The van der Waals surface area contributed by atoms with E-state index in [0.717, 1.165) is 22.5 Å². The summed E-state index contributed by atoms with van der Waals surface area (Å²) in [5.74, 6) is 0.146. The molecule has 5 heteroatoms. The van der Waals surface area contributed by atoms with Gasteiger partial charge in [0.1, 0.15) is 5.65 Å². The highest BCUT2D eigenvalue weighted by atomic mass is 16.5. The molecule has 5 nitrogen and oxygen atoms in total. The number of fused-ring (bicyclic) bond motifs is 1. The molecule has 0 radical (unpaired) electrons. The number of hydrogen-bond acceptors (Lipinski definition) is 3. The van der Waals surface area contributed by atoms with E-state index < -0.39 is 0 Å². The van der Waals surface area contributed by atoms with Crippen LogP contribution in [0, 0.1) is 6.92 Å². The molecule has 26 heavy (non-hydrogen) atoms. The van der Waals surface area contributed by atoms with E-state index in [2.05, 4.69) is 34.5 Å². The molecule has 4 rings (SSSR count). The molecule has 3 heterocycles. The van der Waals surface area contributed by atoms with E-state index in [0.29, 0.717) is 32.7 Å². The summed E-state index contributed by atoms with van der Waals surface area (Å²) in [6, 6.07) is 14.3. The van der Waals surface area contributed by atoms with Crippen LogP contribution in [0.2, 0.25) is 0 Å². The van der Waals surface area contributed by atoms with Gasteiger partial charge in [0.15, 0.2) is 0 Å². The van der Waals surface area contributed by atoms with Gasteiger partial charge in [-0.3, -0.25) is 4.79 Å². The van der Waals surface area contributed by atoms with Crippen LogP contribution in [-0.4, -0.2) is 46.5 Å². The fraction of sp³-hybridized carbons (Fsp3) is 0.333. The molecule has 0 saturated carbocycles. The monoisotopic (exact) mass is 349 g/mol. The Balaban J connectivity index is 1.71. The second kappa shape index (κ2) is 7.30. The Hall–Kier alpha value is -2.66. The highest BCUT2D eigenvalue weighted by Crippen LogP contribution is 2.30. The number of carbonyl (C=O) groups excluding carboxylic acids is 1. The number of pyridine rings is 1. The van der Waals surface area contributed by atoms with Crippen molar-refractivity contribution in [2.24, 2.45) is 0 Å². The average Bonchev–Trinajstić information content (AvgIpc) is 3.12. The zero-order valence-corrected chi connectivity index (χ0v) is 15.0. The molecule has 1 unspecified atom stereocenters. The number of morpholine rings is 1. The number of ether oxygens (including phenoxy) is 1. The molecule has 1 aliphatic rings. The standard InChI is InChI=1S/C21H23N3O2/c1-16-6-5-9-24-19(15-22-21(16)24)18(17-7-3-2-4-8-17)14-20(25)23-10-12-26-13-11-23/h2-9,15,18H,10-14H2,1H3. The summed E-state index contributed by atoms with van der Waals surface area (Å²) in [4.78, 5) is 19.4. The normalized spacial score (nSPS) is 16.0. The predicted octanol–water partition coefficient (Wildman–Crippen LogP) is 3.02. The van der Waals surface area contributed by atoms with E-state index in [9.17, 15) is 4.79 Å². The van der Waals surface area contributed by atoms with Crippen molar-refractivity contribution in [3.05, 3.63) is 71.7 Å². The number of aromatic nitrogens is 2. The number of nitrogens with zero attached hydrogens (tertiary/aromatic N) is 3. The first-order valence-electron chi connectivity index (χ1n) is 9.07. The van der Waals surface area contributed by atoms with Gasteiger partial charge in [-0.25, -0.2) is 4.98 Å². The molecule has 0 spiro atoms. The van der Waals surface area contributed by atoms with Gasteiger partial charge in [0.25, 0.3) is 0 Å². The summed E-state index contributed by atoms with van der Waals surface area (Å²) in [5.41, 5.74) is 4.27. The van der Waals surface area contributed by atoms with Gasteiger partial charge < -0.3 is 14.0 Å².